The van der Waals surface area contributed by atoms with Crippen LogP contribution in [0.3, 0.4) is 0 Å². The molecule has 1 aliphatic heterocycles. The van der Waals surface area contributed by atoms with E-state index in [1.165, 1.54) is 22.9 Å². The summed E-state index contributed by atoms with van der Waals surface area (Å²) in [6.45, 7) is 5.14. The lowest BCUT2D eigenvalue weighted by Gasteiger charge is -2.22. The zero-order valence-electron chi connectivity index (χ0n) is 11.0. The van der Waals surface area contributed by atoms with Gasteiger partial charge in [-0.05, 0) is 43.4 Å². The van der Waals surface area contributed by atoms with Gasteiger partial charge in [0.25, 0.3) is 0 Å². The van der Waals surface area contributed by atoms with Crippen molar-refractivity contribution in [1.29, 1.82) is 0 Å². The third-order valence-corrected chi connectivity index (χ3v) is 4.28. The first-order valence-electron chi connectivity index (χ1n) is 6.88. The molecular weight excluding hydrogens is 290 g/mol. The van der Waals surface area contributed by atoms with Crippen LogP contribution in [0.15, 0.2) is 28.7 Å². The van der Waals surface area contributed by atoms with Crippen molar-refractivity contribution in [2.75, 3.05) is 19.7 Å². The molecule has 18 heavy (non-hydrogen) atoms. The topological polar surface area (TPSA) is 21.3 Å². The number of nitrogens with one attached hydrogen (secondary N) is 1. The molecule has 1 aliphatic rings. The lowest BCUT2D eigenvalue weighted by atomic mass is 9.92. The van der Waals surface area contributed by atoms with E-state index < -0.39 is 0 Å². The Morgan fingerprint density at radius 2 is 2.28 bits per heavy atom. The van der Waals surface area contributed by atoms with Gasteiger partial charge in [0.15, 0.2) is 0 Å². The number of likely N-dealkylation sites (N-methyl/N-ethyl adjacent to an activating group) is 1. The van der Waals surface area contributed by atoms with Crippen molar-refractivity contribution in [3.63, 3.8) is 0 Å². The van der Waals surface area contributed by atoms with Crippen LogP contribution in [0.1, 0.15) is 37.7 Å². The normalized spacial score (nSPS) is 21.1. The molecule has 1 saturated heterocycles. The highest BCUT2D eigenvalue weighted by Crippen LogP contribution is 2.31. The lowest BCUT2D eigenvalue weighted by molar-refractivity contribution is 0.0976. The highest BCUT2D eigenvalue weighted by Gasteiger charge is 2.22. The molecule has 1 heterocycles. The third kappa shape index (κ3) is 3.81. The molecule has 1 aromatic carbocycles. The summed E-state index contributed by atoms with van der Waals surface area (Å²) in [4.78, 5) is 0. The van der Waals surface area contributed by atoms with E-state index in [4.69, 9.17) is 4.74 Å². The Labute approximate surface area is 118 Å². The van der Waals surface area contributed by atoms with Crippen molar-refractivity contribution in [3.8, 4) is 0 Å². The van der Waals surface area contributed by atoms with Gasteiger partial charge in [0.2, 0.25) is 0 Å². The summed E-state index contributed by atoms with van der Waals surface area (Å²) >= 11 is 3.67. The third-order valence-electron chi connectivity index (χ3n) is 3.56. The van der Waals surface area contributed by atoms with Gasteiger partial charge in [0, 0.05) is 17.6 Å². The second-order valence-electron chi connectivity index (χ2n) is 4.90. The molecule has 0 spiro atoms. The van der Waals surface area contributed by atoms with E-state index in [1.54, 1.807) is 0 Å². The van der Waals surface area contributed by atoms with Crippen molar-refractivity contribution in [2.24, 2.45) is 0 Å². The van der Waals surface area contributed by atoms with Crippen LogP contribution in [0.4, 0.5) is 0 Å². The van der Waals surface area contributed by atoms with Crippen LogP contribution in [0.5, 0.6) is 0 Å². The zero-order valence-corrected chi connectivity index (χ0v) is 12.6. The average molecular weight is 312 g/mol. The highest BCUT2D eigenvalue weighted by atomic mass is 79.9. The first-order chi connectivity index (χ1) is 8.81. The molecule has 100 valence electrons. The van der Waals surface area contributed by atoms with E-state index in [-0.39, 0.29) is 0 Å². The zero-order chi connectivity index (χ0) is 12.8. The molecule has 2 nitrogen and oxygen atoms in total. The number of ether oxygens (including phenoxy) is 1. The monoisotopic (exact) mass is 311 g/mol. The van der Waals surface area contributed by atoms with Gasteiger partial charge >= 0.3 is 0 Å². The molecule has 3 heteroatoms. The number of halogens is 1. The fraction of sp³-hybridized carbons (Fsp3) is 0.600. The van der Waals surface area contributed by atoms with Crippen LogP contribution in [0, 0.1) is 0 Å². The summed E-state index contributed by atoms with van der Waals surface area (Å²) < 4.78 is 7.00. The maximum absolute atomic E-state index is 5.78. The Hall–Kier alpha value is -0.380. The van der Waals surface area contributed by atoms with Gasteiger partial charge in [-0.25, -0.2) is 0 Å². The molecule has 0 aliphatic carbocycles. The average Bonchev–Trinajstić information content (AvgIpc) is 2.88. The summed E-state index contributed by atoms with van der Waals surface area (Å²) in [6, 6.07) is 8.54. The van der Waals surface area contributed by atoms with E-state index in [0.29, 0.717) is 12.0 Å². The molecule has 2 unspecified atom stereocenters. The molecule has 0 bridgehead atoms. The maximum atomic E-state index is 5.78. The Kier molecular flexibility index (Phi) is 5.67. The van der Waals surface area contributed by atoms with Crippen molar-refractivity contribution < 1.29 is 4.74 Å². The smallest absolute Gasteiger partial charge is 0.0582 e. The van der Waals surface area contributed by atoms with Crippen LogP contribution in [-0.2, 0) is 4.74 Å². The molecule has 1 N–H and O–H groups in total. The number of rotatable bonds is 6. The van der Waals surface area contributed by atoms with E-state index in [9.17, 15) is 0 Å². The van der Waals surface area contributed by atoms with Gasteiger partial charge in [-0.15, -0.1) is 0 Å². The van der Waals surface area contributed by atoms with Gasteiger partial charge < -0.3 is 10.1 Å². The van der Waals surface area contributed by atoms with Gasteiger partial charge in [-0.3, -0.25) is 0 Å². The SMILES string of the molecule is CCNCC(CC1CCCO1)c1ccccc1Br. The second kappa shape index (κ2) is 7.27. The lowest BCUT2D eigenvalue weighted by Crippen LogP contribution is -2.24. The predicted molar refractivity (Wildman–Crippen MR) is 79.0 cm³/mol. The Morgan fingerprint density at radius 3 is 2.94 bits per heavy atom. The molecule has 2 rings (SSSR count). The van der Waals surface area contributed by atoms with E-state index in [0.717, 1.165) is 26.1 Å². The summed E-state index contributed by atoms with van der Waals surface area (Å²) in [6.07, 6.45) is 4.00. The van der Waals surface area contributed by atoms with Crippen molar-refractivity contribution in [1.82, 2.24) is 5.32 Å². The largest absolute Gasteiger partial charge is 0.378 e. The molecule has 0 amide bonds. The number of hydrogen-bond acceptors (Lipinski definition) is 2. The van der Waals surface area contributed by atoms with Crippen molar-refractivity contribution >= 4 is 15.9 Å². The van der Waals surface area contributed by atoms with Crippen LogP contribution in [0.2, 0.25) is 0 Å². The highest BCUT2D eigenvalue weighted by molar-refractivity contribution is 9.10. The van der Waals surface area contributed by atoms with E-state index in [2.05, 4.69) is 52.4 Å². The predicted octanol–water partition coefficient (Wildman–Crippen LogP) is 3.71. The van der Waals surface area contributed by atoms with Crippen LogP contribution in [-0.4, -0.2) is 25.8 Å². The van der Waals surface area contributed by atoms with Crippen LogP contribution >= 0.6 is 15.9 Å². The summed E-state index contributed by atoms with van der Waals surface area (Å²) in [5, 5.41) is 3.47. The molecule has 0 aromatic heterocycles. The first kappa shape index (κ1) is 14.0. The molecule has 1 aromatic rings. The quantitative estimate of drug-likeness (QED) is 0.864. The van der Waals surface area contributed by atoms with Crippen molar-refractivity contribution in [3.05, 3.63) is 34.3 Å². The first-order valence-corrected chi connectivity index (χ1v) is 7.67. The molecule has 1 fully saturated rings. The van der Waals surface area contributed by atoms with E-state index >= 15 is 0 Å². The van der Waals surface area contributed by atoms with E-state index in [1.807, 2.05) is 0 Å². The van der Waals surface area contributed by atoms with Gasteiger partial charge in [0.1, 0.15) is 0 Å². The van der Waals surface area contributed by atoms with Crippen LogP contribution < -0.4 is 5.32 Å². The summed E-state index contributed by atoms with van der Waals surface area (Å²) in [5.74, 6) is 0.531. The minimum Gasteiger partial charge on any atom is -0.378 e. The van der Waals surface area contributed by atoms with Gasteiger partial charge in [0.05, 0.1) is 6.10 Å². The minimum atomic E-state index is 0.445. The molecule has 0 radical (unpaired) electrons. The Balaban J connectivity index is 2.06. The standard InChI is InChI=1S/C15H22BrNO/c1-2-17-11-12(10-13-6-5-9-18-13)14-7-3-4-8-15(14)16/h3-4,7-8,12-13,17H,2,5-6,9-11H2,1H3. The number of benzene rings is 1. The molecule has 0 saturated carbocycles. The summed E-state index contributed by atoms with van der Waals surface area (Å²) in [5.41, 5.74) is 1.40. The number of hydrogen-bond donors (Lipinski definition) is 1. The fourth-order valence-electron chi connectivity index (χ4n) is 2.59. The Morgan fingerprint density at radius 1 is 1.44 bits per heavy atom. The molecular formula is C15H22BrNO. The van der Waals surface area contributed by atoms with Crippen LogP contribution in [0.25, 0.3) is 0 Å². The van der Waals surface area contributed by atoms with Gasteiger partial charge in [-0.2, -0.15) is 0 Å². The molecule has 2 atom stereocenters. The summed E-state index contributed by atoms with van der Waals surface area (Å²) in [7, 11) is 0. The Bertz CT molecular complexity index is 363. The maximum Gasteiger partial charge on any atom is 0.0582 e. The van der Waals surface area contributed by atoms with Gasteiger partial charge in [-0.1, -0.05) is 41.1 Å². The van der Waals surface area contributed by atoms with Crippen molar-refractivity contribution in [2.45, 2.75) is 38.2 Å². The minimum absolute atomic E-state index is 0.445. The second-order valence-corrected chi connectivity index (χ2v) is 5.75. The fourth-order valence-corrected chi connectivity index (χ4v) is 3.20.